The molecule has 16 heavy (non-hydrogen) atoms. The predicted octanol–water partition coefficient (Wildman–Crippen LogP) is 3.42. The Hall–Kier alpha value is -1.48. The van der Waals surface area contributed by atoms with Gasteiger partial charge in [-0.3, -0.25) is 0 Å². The lowest BCUT2D eigenvalue weighted by atomic mass is 10.2. The van der Waals surface area contributed by atoms with Crippen LogP contribution in [-0.2, 0) is 0 Å². The van der Waals surface area contributed by atoms with Gasteiger partial charge in [0.2, 0.25) is 0 Å². The van der Waals surface area contributed by atoms with Gasteiger partial charge in [0.15, 0.2) is 0 Å². The van der Waals surface area contributed by atoms with Crippen molar-refractivity contribution in [1.29, 1.82) is 0 Å². The molecule has 1 aromatic carbocycles. The number of anilines is 1. The molecule has 3 nitrogen and oxygen atoms in total. The van der Waals surface area contributed by atoms with Gasteiger partial charge in [0.05, 0.1) is 10.6 Å². The normalized spacial score (nSPS) is 9.69. The van der Waals surface area contributed by atoms with Crippen molar-refractivity contribution in [2.24, 2.45) is 0 Å². The van der Waals surface area contributed by atoms with Crippen LogP contribution in [0.4, 0.5) is 5.69 Å². The third-order valence-corrected chi connectivity index (χ3v) is 2.33. The Labute approximate surface area is 99.7 Å². The van der Waals surface area contributed by atoms with Crippen LogP contribution in [0.3, 0.4) is 0 Å². The van der Waals surface area contributed by atoms with Crippen molar-refractivity contribution in [2.75, 3.05) is 11.9 Å². The molecule has 0 aliphatic heterocycles. The number of halogens is 1. The number of aromatic carboxylic acids is 1. The highest BCUT2D eigenvalue weighted by Crippen LogP contribution is 2.20. The second kappa shape index (κ2) is 5.56. The van der Waals surface area contributed by atoms with Crippen molar-refractivity contribution in [3.63, 3.8) is 0 Å². The zero-order valence-corrected chi connectivity index (χ0v) is 10.0. The van der Waals surface area contributed by atoms with Gasteiger partial charge in [-0.2, -0.15) is 0 Å². The van der Waals surface area contributed by atoms with Gasteiger partial charge >= 0.3 is 5.97 Å². The molecule has 0 aliphatic carbocycles. The summed E-state index contributed by atoms with van der Waals surface area (Å²) in [5, 5.41) is 12.2. The van der Waals surface area contributed by atoms with Gasteiger partial charge in [-0.15, -0.1) is 0 Å². The van der Waals surface area contributed by atoms with Crippen LogP contribution in [-0.4, -0.2) is 17.6 Å². The van der Waals surface area contributed by atoms with Crippen molar-refractivity contribution in [3.8, 4) is 0 Å². The Morgan fingerprint density at radius 1 is 1.50 bits per heavy atom. The fourth-order valence-electron chi connectivity index (χ4n) is 1.17. The molecule has 86 valence electrons. The highest BCUT2D eigenvalue weighted by atomic mass is 35.5. The lowest BCUT2D eigenvalue weighted by molar-refractivity contribution is 0.0697. The minimum absolute atomic E-state index is 0.120. The molecule has 0 bridgehead atoms. The summed E-state index contributed by atoms with van der Waals surface area (Å²) in [5.41, 5.74) is 2.16. The Kier molecular flexibility index (Phi) is 4.38. The van der Waals surface area contributed by atoms with Gasteiger partial charge in [0.25, 0.3) is 0 Å². The van der Waals surface area contributed by atoms with E-state index in [9.17, 15) is 4.79 Å². The summed E-state index contributed by atoms with van der Waals surface area (Å²) in [6.07, 6.45) is 2.04. The lowest BCUT2D eigenvalue weighted by Gasteiger charge is -2.05. The Balaban J connectivity index is 2.74. The maximum atomic E-state index is 10.7. The first kappa shape index (κ1) is 12.6. The molecule has 4 heteroatoms. The number of hydrogen-bond acceptors (Lipinski definition) is 2. The van der Waals surface area contributed by atoms with Crippen LogP contribution in [0, 0.1) is 0 Å². The largest absolute Gasteiger partial charge is 0.478 e. The van der Waals surface area contributed by atoms with Crippen molar-refractivity contribution in [2.45, 2.75) is 13.8 Å². The SMILES string of the molecule is CC(C)=CCNc1ccc(C(=O)O)c(Cl)c1. The molecule has 0 atom stereocenters. The zero-order chi connectivity index (χ0) is 12.1. The predicted molar refractivity (Wildman–Crippen MR) is 66.3 cm³/mol. The van der Waals surface area contributed by atoms with Gasteiger partial charge in [0.1, 0.15) is 0 Å². The number of benzene rings is 1. The van der Waals surface area contributed by atoms with Gasteiger partial charge in [-0.25, -0.2) is 4.79 Å². The number of rotatable bonds is 4. The second-order valence-electron chi connectivity index (χ2n) is 3.66. The Morgan fingerprint density at radius 2 is 2.19 bits per heavy atom. The quantitative estimate of drug-likeness (QED) is 0.792. The van der Waals surface area contributed by atoms with Gasteiger partial charge in [-0.1, -0.05) is 23.3 Å². The number of carbonyl (C=O) groups is 1. The smallest absolute Gasteiger partial charge is 0.337 e. The fourth-order valence-corrected chi connectivity index (χ4v) is 1.43. The van der Waals surface area contributed by atoms with Crippen LogP contribution >= 0.6 is 11.6 Å². The minimum atomic E-state index is -1.01. The molecule has 2 N–H and O–H groups in total. The summed E-state index contributed by atoms with van der Waals surface area (Å²) in [5.74, 6) is -1.01. The van der Waals surface area contributed by atoms with Crippen molar-refractivity contribution >= 4 is 23.3 Å². The molecule has 0 radical (unpaired) electrons. The van der Waals surface area contributed by atoms with E-state index >= 15 is 0 Å². The highest BCUT2D eigenvalue weighted by molar-refractivity contribution is 6.33. The first-order valence-electron chi connectivity index (χ1n) is 4.91. The summed E-state index contributed by atoms with van der Waals surface area (Å²) in [6, 6.07) is 4.81. The summed E-state index contributed by atoms with van der Waals surface area (Å²) in [4.78, 5) is 10.7. The zero-order valence-electron chi connectivity index (χ0n) is 9.25. The molecule has 0 saturated carbocycles. The average Bonchev–Trinajstić information content (AvgIpc) is 2.16. The summed E-state index contributed by atoms with van der Waals surface area (Å²) in [7, 11) is 0. The summed E-state index contributed by atoms with van der Waals surface area (Å²) < 4.78 is 0. The average molecular weight is 240 g/mol. The molecular weight excluding hydrogens is 226 g/mol. The first-order chi connectivity index (χ1) is 7.50. The number of carboxylic acid groups (broad SMARTS) is 1. The van der Waals surface area contributed by atoms with E-state index in [1.165, 1.54) is 11.6 Å². The molecule has 1 rings (SSSR count). The van der Waals surface area contributed by atoms with Crippen LogP contribution < -0.4 is 5.32 Å². The van der Waals surface area contributed by atoms with E-state index < -0.39 is 5.97 Å². The minimum Gasteiger partial charge on any atom is -0.478 e. The van der Waals surface area contributed by atoms with Gasteiger partial charge < -0.3 is 10.4 Å². The fraction of sp³-hybridized carbons (Fsp3) is 0.250. The number of carboxylic acids is 1. The molecule has 0 spiro atoms. The van der Waals surface area contributed by atoms with E-state index in [4.69, 9.17) is 16.7 Å². The topological polar surface area (TPSA) is 49.3 Å². The Morgan fingerprint density at radius 3 is 2.69 bits per heavy atom. The van der Waals surface area contributed by atoms with E-state index in [0.717, 1.165) is 5.69 Å². The van der Waals surface area contributed by atoms with Crippen molar-refractivity contribution in [3.05, 3.63) is 40.4 Å². The Bertz CT molecular complexity index is 423. The maximum Gasteiger partial charge on any atom is 0.337 e. The molecule has 0 amide bonds. The molecule has 0 unspecified atom stereocenters. The summed E-state index contributed by atoms with van der Waals surface area (Å²) >= 11 is 5.83. The van der Waals surface area contributed by atoms with Crippen molar-refractivity contribution in [1.82, 2.24) is 0 Å². The molecular formula is C12H14ClNO2. The lowest BCUT2D eigenvalue weighted by Crippen LogP contribution is -2.01. The van der Waals surface area contributed by atoms with E-state index in [2.05, 4.69) is 5.32 Å². The van der Waals surface area contributed by atoms with Crippen LogP contribution in [0.25, 0.3) is 0 Å². The van der Waals surface area contributed by atoms with E-state index in [-0.39, 0.29) is 10.6 Å². The van der Waals surface area contributed by atoms with E-state index in [0.29, 0.717) is 6.54 Å². The maximum absolute atomic E-state index is 10.7. The molecule has 0 saturated heterocycles. The third kappa shape index (κ3) is 3.59. The summed E-state index contributed by atoms with van der Waals surface area (Å²) in [6.45, 7) is 4.73. The number of nitrogens with one attached hydrogen (secondary N) is 1. The van der Waals surface area contributed by atoms with Gasteiger partial charge in [-0.05, 0) is 32.0 Å². The standard InChI is InChI=1S/C12H14ClNO2/c1-8(2)5-6-14-9-3-4-10(12(15)16)11(13)7-9/h3-5,7,14H,6H2,1-2H3,(H,15,16). The van der Waals surface area contributed by atoms with Crippen LogP contribution in [0.2, 0.25) is 5.02 Å². The molecule has 1 aromatic rings. The monoisotopic (exact) mass is 239 g/mol. The van der Waals surface area contributed by atoms with Crippen LogP contribution in [0.1, 0.15) is 24.2 Å². The number of hydrogen-bond donors (Lipinski definition) is 2. The van der Waals surface area contributed by atoms with Crippen LogP contribution in [0.5, 0.6) is 0 Å². The van der Waals surface area contributed by atoms with E-state index in [1.54, 1.807) is 12.1 Å². The first-order valence-corrected chi connectivity index (χ1v) is 5.28. The van der Waals surface area contributed by atoms with E-state index in [1.807, 2.05) is 19.9 Å². The second-order valence-corrected chi connectivity index (χ2v) is 4.07. The molecule has 0 aromatic heterocycles. The molecule has 0 aliphatic rings. The highest BCUT2D eigenvalue weighted by Gasteiger charge is 2.08. The number of allylic oxidation sites excluding steroid dienone is 1. The van der Waals surface area contributed by atoms with Crippen molar-refractivity contribution < 1.29 is 9.90 Å². The molecule has 0 heterocycles. The van der Waals surface area contributed by atoms with Crippen LogP contribution in [0.15, 0.2) is 29.8 Å². The third-order valence-electron chi connectivity index (χ3n) is 2.02. The molecule has 0 fully saturated rings. The van der Waals surface area contributed by atoms with Gasteiger partial charge in [0, 0.05) is 12.2 Å².